The Balaban J connectivity index is 0. The van der Waals surface area contributed by atoms with Crippen molar-refractivity contribution in [3.63, 3.8) is 0 Å². The first-order chi connectivity index (χ1) is 0. The number of hydrogen-bond acceptors (Lipinski definition) is 1. The standard InChI is InChI=1S/H3N.Na.3H2O.H/h1H3;;3*1H2;/q;+1;;;;-1. The average Bonchev–Trinajstić information content (AvgIpc) is 0. The molecule has 0 aromatic carbocycles. The molecule has 0 amide bonds. The Bertz CT molecular complexity index is 10.8. The third kappa shape index (κ3) is 55.3. The Morgan fingerprint density at radius 1 is 0.800 bits per heavy atom. The van der Waals surface area contributed by atoms with Gasteiger partial charge in [0.1, 0.15) is 0 Å². The molecule has 0 radical (unpaired) electrons. The Kier molecular flexibility index (Phi) is 3920. The molecule has 0 aromatic heterocycles. The topological polar surface area (TPSA) is 130 Å². The Labute approximate surface area is 53.8 Å². The maximum absolute atomic E-state index is 0. The summed E-state index contributed by atoms with van der Waals surface area (Å²) in [6, 6.07) is 0. The fraction of sp³-hybridized carbons (Fsp3) is 0. The van der Waals surface area contributed by atoms with Crippen LogP contribution in [0.3, 0.4) is 0 Å². The molecule has 0 spiro atoms. The molecular weight excluding hydrogens is 85.0 g/mol. The summed E-state index contributed by atoms with van der Waals surface area (Å²) in [5, 5.41) is 0. The average molecular weight is 95.1 g/mol. The molecule has 5 heteroatoms. The van der Waals surface area contributed by atoms with Gasteiger partial charge in [0, 0.05) is 0 Å². The maximum Gasteiger partial charge on any atom is 1.00 e. The van der Waals surface area contributed by atoms with Gasteiger partial charge in [-0.1, -0.05) is 0 Å². The molecule has 0 aliphatic carbocycles. The Morgan fingerprint density at radius 3 is 0.800 bits per heavy atom. The molecule has 0 atom stereocenters. The molecule has 5 heavy (non-hydrogen) atoms. The van der Waals surface area contributed by atoms with Crippen LogP contribution in [0.5, 0.6) is 0 Å². The largest absolute Gasteiger partial charge is 1.00 e. The summed E-state index contributed by atoms with van der Waals surface area (Å²) < 4.78 is 0. The SMILES string of the molecule is N.O.O.O.[H-].[Na+]. The monoisotopic (exact) mass is 95.1 g/mol. The van der Waals surface area contributed by atoms with Crippen molar-refractivity contribution in [3.05, 3.63) is 0 Å². The molecule has 0 aliphatic rings. The molecular formula is H10NNaO3. The second-order valence-electron chi connectivity index (χ2n) is 0. The van der Waals surface area contributed by atoms with Crippen molar-refractivity contribution in [2.24, 2.45) is 0 Å². The first kappa shape index (κ1) is 194. The quantitative estimate of drug-likeness (QED) is 0.296. The minimum Gasteiger partial charge on any atom is -1.00 e. The van der Waals surface area contributed by atoms with E-state index in [-0.39, 0.29) is 53.6 Å². The van der Waals surface area contributed by atoms with Crippen molar-refractivity contribution in [2.45, 2.75) is 0 Å². The van der Waals surface area contributed by atoms with Crippen LogP contribution >= 0.6 is 0 Å². The fourth-order valence-electron chi connectivity index (χ4n) is 0. The van der Waals surface area contributed by atoms with Crippen LogP contribution in [-0.2, 0) is 0 Å². The normalized spacial score (nSPS) is 0. The molecule has 0 heterocycles. The van der Waals surface area contributed by atoms with Crippen LogP contribution in [0, 0.1) is 0 Å². The second kappa shape index (κ2) is 101. The van der Waals surface area contributed by atoms with E-state index in [1.807, 2.05) is 0 Å². The van der Waals surface area contributed by atoms with Crippen LogP contribution in [-0.4, -0.2) is 16.4 Å². The Morgan fingerprint density at radius 2 is 0.800 bits per heavy atom. The zero-order valence-electron chi connectivity index (χ0n) is 4.21. The molecule has 0 saturated carbocycles. The third-order valence-corrected chi connectivity index (χ3v) is 0. The van der Waals surface area contributed by atoms with Crippen LogP contribution in [0.1, 0.15) is 1.43 Å². The first-order valence-electron chi connectivity index (χ1n) is 0. The fourth-order valence-corrected chi connectivity index (χ4v) is 0. The molecule has 0 bridgehead atoms. The molecule has 4 nitrogen and oxygen atoms in total. The minimum atomic E-state index is 0. The van der Waals surface area contributed by atoms with E-state index in [2.05, 4.69) is 0 Å². The first-order valence-corrected chi connectivity index (χ1v) is 0. The number of rotatable bonds is 0. The van der Waals surface area contributed by atoms with Crippen molar-refractivity contribution >= 4 is 0 Å². The summed E-state index contributed by atoms with van der Waals surface area (Å²) in [4.78, 5) is 0. The van der Waals surface area contributed by atoms with Crippen molar-refractivity contribution in [3.8, 4) is 0 Å². The van der Waals surface area contributed by atoms with Gasteiger partial charge in [0.05, 0.1) is 0 Å². The van der Waals surface area contributed by atoms with Gasteiger partial charge in [0.2, 0.25) is 0 Å². The van der Waals surface area contributed by atoms with Crippen molar-refractivity contribution in [1.82, 2.24) is 6.15 Å². The smallest absolute Gasteiger partial charge is 1.00 e. The van der Waals surface area contributed by atoms with Gasteiger partial charge in [-0.3, -0.25) is 0 Å². The molecule has 9 N–H and O–H groups in total. The molecule has 0 unspecified atom stereocenters. The summed E-state index contributed by atoms with van der Waals surface area (Å²) in [6.45, 7) is 0. The van der Waals surface area contributed by atoms with E-state index in [0.717, 1.165) is 0 Å². The van der Waals surface area contributed by atoms with Gasteiger partial charge in [-0.2, -0.15) is 0 Å². The number of hydrogen-bond donors (Lipinski definition) is 1. The van der Waals surface area contributed by atoms with Gasteiger partial charge < -0.3 is 24.0 Å². The third-order valence-electron chi connectivity index (χ3n) is 0. The predicted molar refractivity (Wildman–Crippen MR) is 17.0 cm³/mol. The summed E-state index contributed by atoms with van der Waals surface area (Å²) in [6.07, 6.45) is 0. The van der Waals surface area contributed by atoms with Crippen LogP contribution in [0.15, 0.2) is 0 Å². The summed E-state index contributed by atoms with van der Waals surface area (Å²) in [7, 11) is 0. The Hall–Kier alpha value is 0.840. The van der Waals surface area contributed by atoms with Gasteiger partial charge in [-0.05, 0) is 0 Å². The van der Waals surface area contributed by atoms with E-state index in [1.165, 1.54) is 0 Å². The molecule has 0 aromatic rings. The van der Waals surface area contributed by atoms with E-state index >= 15 is 0 Å². The van der Waals surface area contributed by atoms with Crippen LogP contribution in [0.4, 0.5) is 0 Å². The molecule has 0 fully saturated rings. The van der Waals surface area contributed by atoms with E-state index in [0.29, 0.717) is 0 Å². The van der Waals surface area contributed by atoms with Gasteiger partial charge in [-0.15, -0.1) is 0 Å². The van der Waals surface area contributed by atoms with Crippen molar-refractivity contribution in [1.29, 1.82) is 0 Å². The van der Waals surface area contributed by atoms with E-state index in [9.17, 15) is 0 Å². The van der Waals surface area contributed by atoms with Gasteiger partial charge in [0.15, 0.2) is 0 Å². The van der Waals surface area contributed by atoms with Crippen molar-refractivity contribution < 1.29 is 47.4 Å². The maximum atomic E-state index is 0. The van der Waals surface area contributed by atoms with Crippen molar-refractivity contribution in [2.75, 3.05) is 0 Å². The second-order valence-corrected chi connectivity index (χ2v) is 0. The zero-order valence-corrected chi connectivity index (χ0v) is 5.21. The van der Waals surface area contributed by atoms with Gasteiger partial charge >= 0.3 is 29.6 Å². The molecule has 0 aliphatic heterocycles. The van der Waals surface area contributed by atoms with Crippen LogP contribution < -0.4 is 35.7 Å². The summed E-state index contributed by atoms with van der Waals surface area (Å²) >= 11 is 0. The van der Waals surface area contributed by atoms with Gasteiger partial charge in [0.25, 0.3) is 0 Å². The zero-order chi connectivity index (χ0) is 0. The van der Waals surface area contributed by atoms with Gasteiger partial charge in [-0.25, -0.2) is 0 Å². The molecule has 0 saturated heterocycles. The molecule has 34 valence electrons. The minimum absolute atomic E-state index is 0. The van der Waals surface area contributed by atoms with E-state index in [4.69, 9.17) is 0 Å². The predicted octanol–water partition coefficient (Wildman–Crippen LogP) is -5.20. The molecule has 0 rings (SSSR count). The van der Waals surface area contributed by atoms with Crippen LogP contribution in [0.2, 0.25) is 0 Å². The van der Waals surface area contributed by atoms with Crippen LogP contribution in [0.25, 0.3) is 0 Å². The van der Waals surface area contributed by atoms with E-state index in [1.54, 1.807) is 0 Å². The van der Waals surface area contributed by atoms with E-state index < -0.39 is 0 Å². The summed E-state index contributed by atoms with van der Waals surface area (Å²) in [5.74, 6) is 0. The summed E-state index contributed by atoms with van der Waals surface area (Å²) in [5.41, 5.74) is 0.